The van der Waals surface area contributed by atoms with Gasteiger partial charge in [0.2, 0.25) is 5.91 Å². The third-order valence-electron chi connectivity index (χ3n) is 4.75. The fraction of sp³-hybridized carbons (Fsp3) is 0.389. The van der Waals surface area contributed by atoms with E-state index >= 15 is 0 Å². The van der Waals surface area contributed by atoms with Crippen molar-refractivity contribution in [2.75, 3.05) is 31.1 Å². The summed E-state index contributed by atoms with van der Waals surface area (Å²) in [5.74, 6) is 0.515. The average molecular weight is 411 g/mol. The second-order valence-electron chi connectivity index (χ2n) is 6.43. The second-order valence-corrected chi connectivity index (χ2v) is 7.24. The molecular weight excluding hydrogens is 391 g/mol. The minimum Gasteiger partial charge on any atom is -0.354 e. The molecule has 1 aliphatic rings. The number of nitrogens with zero attached hydrogens (tertiary/aromatic N) is 3. The van der Waals surface area contributed by atoms with E-state index in [1.165, 1.54) is 13.1 Å². The summed E-state index contributed by atoms with van der Waals surface area (Å²) in [6, 6.07) is 6.70. The van der Waals surface area contributed by atoms with Gasteiger partial charge in [0, 0.05) is 55.8 Å². The van der Waals surface area contributed by atoms with Gasteiger partial charge in [0.25, 0.3) is 5.56 Å². The Balaban J connectivity index is 1.58. The number of carbonyl (C=O) groups is 1. The van der Waals surface area contributed by atoms with Crippen molar-refractivity contribution in [3.63, 3.8) is 0 Å². The quantitative estimate of drug-likeness (QED) is 0.830. The minimum atomic E-state index is -0.451. The molecule has 1 N–H and O–H groups in total. The summed E-state index contributed by atoms with van der Waals surface area (Å²) in [5, 5.41) is 1.13. The van der Waals surface area contributed by atoms with E-state index in [1.807, 2.05) is 4.90 Å². The van der Waals surface area contributed by atoms with Crippen LogP contribution in [0, 0.1) is 0 Å². The Morgan fingerprint density at radius 2 is 1.74 bits per heavy atom. The number of nitrogens with one attached hydrogen (secondary N) is 1. The van der Waals surface area contributed by atoms with Gasteiger partial charge in [-0.1, -0.05) is 29.3 Å². The number of rotatable bonds is 4. The molecule has 1 saturated heterocycles. The zero-order valence-corrected chi connectivity index (χ0v) is 16.4. The number of H-pyrrole nitrogens is 1. The Morgan fingerprint density at radius 3 is 2.33 bits per heavy atom. The van der Waals surface area contributed by atoms with E-state index in [9.17, 15) is 14.4 Å². The van der Waals surface area contributed by atoms with Crippen molar-refractivity contribution < 1.29 is 4.79 Å². The number of benzene rings is 1. The monoisotopic (exact) mass is 410 g/mol. The molecule has 0 atom stereocenters. The summed E-state index contributed by atoms with van der Waals surface area (Å²) >= 11 is 12.3. The van der Waals surface area contributed by atoms with E-state index in [-0.39, 0.29) is 11.5 Å². The molecule has 2 aromatic rings. The lowest BCUT2D eigenvalue weighted by Gasteiger charge is -2.35. The number of anilines is 1. The molecule has 1 amide bonds. The molecule has 27 heavy (non-hydrogen) atoms. The molecule has 0 aliphatic carbocycles. The average Bonchev–Trinajstić information content (AvgIpc) is 2.65. The topological polar surface area (TPSA) is 78.4 Å². The first-order chi connectivity index (χ1) is 12.9. The molecule has 0 radical (unpaired) electrons. The zero-order chi connectivity index (χ0) is 19.6. The molecule has 7 nitrogen and oxygen atoms in total. The van der Waals surface area contributed by atoms with Crippen LogP contribution in [0.5, 0.6) is 0 Å². The number of piperazine rings is 1. The maximum Gasteiger partial charge on any atom is 0.329 e. The number of hydrogen-bond donors (Lipinski definition) is 1. The number of hydrogen-bond acceptors (Lipinski definition) is 4. The predicted molar refractivity (Wildman–Crippen MR) is 106 cm³/mol. The molecule has 144 valence electrons. The SMILES string of the molecule is Cn1c(=O)cc(N2CCN(C(=O)CCc3c(Cl)cccc3Cl)CC2)[nH]c1=O. The number of carbonyl (C=O) groups excluding carboxylic acids is 1. The van der Waals surface area contributed by atoms with Crippen LogP contribution in [0.1, 0.15) is 12.0 Å². The number of amides is 1. The molecule has 0 unspecified atom stereocenters. The van der Waals surface area contributed by atoms with E-state index in [4.69, 9.17) is 23.2 Å². The smallest absolute Gasteiger partial charge is 0.329 e. The molecule has 9 heteroatoms. The lowest BCUT2D eigenvalue weighted by atomic mass is 10.1. The van der Waals surface area contributed by atoms with Gasteiger partial charge < -0.3 is 9.80 Å². The maximum atomic E-state index is 12.5. The third kappa shape index (κ3) is 4.36. The lowest BCUT2D eigenvalue weighted by molar-refractivity contribution is -0.131. The van der Waals surface area contributed by atoms with Crippen molar-refractivity contribution in [2.45, 2.75) is 12.8 Å². The molecule has 0 bridgehead atoms. The van der Waals surface area contributed by atoms with E-state index < -0.39 is 5.69 Å². The van der Waals surface area contributed by atoms with E-state index in [1.54, 1.807) is 23.1 Å². The van der Waals surface area contributed by atoms with Crippen molar-refractivity contribution in [2.24, 2.45) is 7.05 Å². The fourth-order valence-corrected chi connectivity index (χ4v) is 3.66. The summed E-state index contributed by atoms with van der Waals surface area (Å²) in [7, 11) is 1.42. The van der Waals surface area contributed by atoms with Gasteiger partial charge in [-0.25, -0.2) is 4.79 Å². The third-order valence-corrected chi connectivity index (χ3v) is 5.46. The van der Waals surface area contributed by atoms with Crippen molar-refractivity contribution in [3.8, 4) is 0 Å². The largest absolute Gasteiger partial charge is 0.354 e. The first kappa shape index (κ1) is 19.5. The Morgan fingerprint density at radius 1 is 1.11 bits per heavy atom. The second kappa shape index (κ2) is 8.19. The normalized spacial score (nSPS) is 14.5. The molecule has 0 saturated carbocycles. The van der Waals surface area contributed by atoms with Gasteiger partial charge in [-0.3, -0.25) is 19.1 Å². The summed E-state index contributed by atoms with van der Waals surface area (Å²) < 4.78 is 1.02. The molecular formula is C18H20Cl2N4O3. The van der Waals surface area contributed by atoms with Crippen LogP contribution in [-0.4, -0.2) is 46.5 Å². The van der Waals surface area contributed by atoms with E-state index in [0.29, 0.717) is 54.9 Å². The van der Waals surface area contributed by atoms with Gasteiger partial charge in [-0.2, -0.15) is 0 Å². The number of aromatic nitrogens is 2. The van der Waals surface area contributed by atoms with Gasteiger partial charge >= 0.3 is 5.69 Å². The predicted octanol–water partition coefficient (Wildman–Crippen LogP) is 1.66. The Kier molecular flexibility index (Phi) is 5.92. The van der Waals surface area contributed by atoms with Crippen LogP contribution in [-0.2, 0) is 18.3 Å². The van der Waals surface area contributed by atoms with E-state index in [0.717, 1.165) is 10.1 Å². The first-order valence-corrected chi connectivity index (χ1v) is 9.38. The minimum absolute atomic E-state index is 0.0307. The van der Waals surface area contributed by atoms with Crippen LogP contribution in [0.3, 0.4) is 0 Å². The fourth-order valence-electron chi connectivity index (χ4n) is 3.07. The molecule has 3 rings (SSSR count). The van der Waals surface area contributed by atoms with Gasteiger partial charge in [-0.15, -0.1) is 0 Å². The van der Waals surface area contributed by atoms with Crippen LogP contribution >= 0.6 is 23.2 Å². The summed E-state index contributed by atoms with van der Waals surface area (Å²) in [6.07, 6.45) is 0.811. The van der Waals surface area contributed by atoms with Crippen LogP contribution in [0.15, 0.2) is 33.9 Å². The number of halogens is 2. The van der Waals surface area contributed by atoms with Gasteiger partial charge in [0.15, 0.2) is 0 Å². The molecule has 0 spiro atoms. The zero-order valence-electron chi connectivity index (χ0n) is 14.9. The van der Waals surface area contributed by atoms with E-state index in [2.05, 4.69) is 4.98 Å². The van der Waals surface area contributed by atoms with Gasteiger partial charge in [-0.05, 0) is 24.1 Å². The Hall–Kier alpha value is -2.25. The van der Waals surface area contributed by atoms with Gasteiger partial charge in [0.1, 0.15) is 5.82 Å². The Labute approximate surface area is 166 Å². The summed E-state index contributed by atoms with van der Waals surface area (Å²) in [4.78, 5) is 42.4. The first-order valence-electron chi connectivity index (χ1n) is 8.63. The highest BCUT2D eigenvalue weighted by Gasteiger charge is 2.22. The van der Waals surface area contributed by atoms with Crippen molar-refractivity contribution in [1.82, 2.24) is 14.5 Å². The van der Waals surface area contributed by atoms with Crippen LogP contribution in [0.4, 0.5) is 5.82 Å². The standard InChI is InChI=1S/C18H20Cl2N4O3/c1-22-17(26)11-15(21-18(22)27)23-7-9-24(10-8-23)16(25)6-5-12-13(19)3-2-4-14(12)20/h2-4,11H,5-10H2,1H3,(H,21,27). The highest BCUT2D eigenvalue weighted by atomic mass is 35.5. The molecule has 2 heterocycles. The molecule has 1 fully saturated rings. The molecule has 1 aliphatic heterocycles. The Bertz CT molecular complexity index is 910. The lowest BCUT2D eigenvalue weighted by Crippen LogP contribution is -2.50. The van der Waals surface area contributed by atoms with Crippen molar-refractivity contribution in [3.05, 3.63) is 60.7 Å². The highest BCUT2D eigenvalue weighted by Crippen LogP contribution is 2.25. The highest BCUT2D eigenvalue weighted by molar-refractivity contribution is 6.36. The van der Waals surface area contributed by atoms with Crippen LogP contribution in [0.25, 0.3) is 0 Å². The van der Waals surface area contributed by atoms with Crippen molar-refractivity contribution >= 4 is 34.9 Å². The summed E-state index contributed by atoms with van der Waals surface area (Å²) in [5.41, 5.74) is -0.0259. The number of aromatic amines is 1. The van der Waals surface area contributed by atoms with Crippen molar-refractivity contribution in [1.29, 1.82) is 0 Å². The molecule has 1 aromatic heterocycles. The maximum absolute atomic E-state index is 12.5. The van der Waals surface area contributed by atoms with Crippen LogP contribution in [0.2, 0.25) is 10.0 Å². The molecule has 1 aromatic carbocycles. The summed E-state index contributed by atoms with van der Waals surface area (Å²) in [6.45, 7) is 2.13. The van der Waals surface area contributed by atoms with Gasteiger partial charge in [0.05, 0.1) is 0 Å². The van der Waals surface area contributed by atoms with Crippen LogP contribution < -0.4 is 16.1 Å².